The molecule has 1 heterocycles. The highest BCUT2D eigenvalue weighted by atomic mass is 32.2. The largest absolute Gasteiger partial charge is 0.465 e. The maximum absolute atomic E-state index is 12.2. The molecule has 1 aliphatic heterocycles. The van der Waals surface area contributed by atoms with Gasteiger partial charge in [-0.25, -0.2) is 17.9 Å². The first-order valence-corrected chi connectivity index (χ1v) is 8.31. The molecule has 0 radical (unpaired) electrons. The van der Waals surface area contributed by atoms with Crippen LogP contribution in [-0.2, 0) is 19.5 Å². The molecule has 0 spiro atoms. The zero-order valence-electron chi connectivity index (χ0n) is 11.9. The smallest absolute Gasteiger partial charge is 0.337 e. The Kier molecular flexibility index (Phi) is 5.33. The standard InChI is InChI=1S/C14H19NO5S/c1-19-14(16)11-4-2-6-13(10-11)21(17,18)15-8-7-12-5-3-9-20-12/h2,4,6,10,12,15H,3,5,7-9H2,1H3. The maximum atomic E-state index is 12.2. The summed E-state index contributed by atoms with van der Waals surface area (Å²) < 4.78 is 36.9. The van der Waals surface area contributed by atoms with Gasteiger partial charge in [0.25, 0.3) is 0 Å². The van der Waals surface area contributed by atoms with E-state index in [0.717, 1.165) is 19.4 Å². The molecule has 0 bridgehead atoms. The summed E-state index contributed by atoms with van der Waals surface area (Å²) in [5, 5.41) is 0. The van der Waals surface area contributed by atoms with Gasteiger partial charge >= 0.3 is 5.97 Å². The molecule has 0 saturated carbocycles. The van der Waals surface area contributed by atoms with Gasteiger partial charge in [0.1, 0.15) is 0 Å². The van der Waals surface area contributed by atoms with E-state index in [-0.39, 0.29) is 16.6 Å². The lowest BCUT2D eigenvalue weighted by Crippen LogP contribution is -2.27. The number of esters is 1. The van der Waals surface area contributed by atoms with Crippen LogP contribution in [0.2, 0.25) is 0 Å². The summed E-state index contributed by atoms with van der Waals surface area (Å²) in [6, 6.07) is 5.78. The number of nitrogens with one attached hydrogen (secondary N) is 1. The lowest BCUT2D eigenvalue weighted by atomic mass is 10.2. The molecule has 1 aromatic rings. The molecule has 1 saturated heterocycles. The lowest BCUT2D eigenvalue weighted by Gasteiger charge is -2.11. The van der Waals surface area contributed by atoms with E-state index in [4.69, 9.17) is 4.74 Å². The molecule has 1 aliphatic rings. The van der Waals surface area contributed by atoms with Crippen molar-refractivity contribution < 1.29 is 22.7 Å². The summed E-state index contributed by atoms with van der Waals surface area (Å²) in [4.78, 5) is 11.5. The highest BCUT2D eigenvalue weighted by Gasteiger charge is 2.19. The van der Waals surface area contributed by atoms with Gasteiger partial charge in [-0.1, -0.05) is 6.07 Å². The fourth-order valence-electron chi connectivity index (χ4n) is 2.22. The van der Waals surface area contributed by atoms with Gasteiger partial charge in [0.15, 0.2) is 0 Å². The van der Waals surface area contributed by atoms with E-state index < -0.39 is 16.0 Å². The van der Waals surface area contributed by atoms with Crippen LogP contribution >= 0.6 is 0 Å². The number of hydrogen-bond donors (Lipinski definition) is 1. The van der Waals surface area contributed by atoms with Crippen molar-refractivity contribution in [3.63, 3.8) is 0 Å². The molecular formula is C14H19NO5S. The minimum Gasteiger partial charge on any atom is -0.465 e. The summed E-state index contributed by atoms with van der Waals surface area (Å²) in [5.74, 6) is -0.564. The van der Waals surface area contributed by atoms with E-state index in [1.54, 1.807) is 0 Å². The van der Waals surface area contributed by atoms with E-state index in [9.17, 15) is 13.2 Å². The molecular weight excluding hydrogens is 294 g/mol. The van der Waals surface area contributed by atoms with Crippen LogP contribution in [0.25, 0.3) is 0 Å². The second-order valence-electron chi connectivity index (χ2n) is 4.84. The van der Waals surface area contributed by atoms with Crippen LogP contribution in [0.1, 0.15) is 29.6 Å². The van der Waals surface area contributed by atoms with Crippen molar-refractivity contribution in [1.82, 2.24) is 4.72 Å². The molecule has 0 amide bonds. The van der Waals surface area contributed by atoms with Crippen molar-refractivity contribution in [2.45, 2.75) is 30.3 Å². The Morgan fingerprint density at radius 3 is 2.95 bits per heavy atom. The van der Waals surface area contributed by atoms with Gasteiger partial charge in [0, 0.05) is 13.2 Å². The Labute approximate surface area is 124 Å². The summed E-state index contributed by atoms with van der Waals surface area (Å²) in [7, 11) is -2.38. The highest BCUT2D eigenvalue weighted by Crippen LogP contribution is 2.16. The van der Waals surface area contributed by atoms with E-state index >= 15 is 0 Å². The molecule has 1 unspecified atom stereocenters. The van der Waals surface area contributed by atoms with Crippen molar-refractivity contribution in [2.75, 3.05) is 20.3 Å². The summed E-state index contributed by atoms with van der Waals surface area (Å²) in [5.41, 5.74) is 0.208. The van der Waals surface area contributed by atoms with Gasteiger partial charge in [0.2, 0.25) is 10.0 Å². The zero-order chi connectivity index (χ0) is 15.3. The van der Waals surface area contributed by atoms with Gasteiger partial charge in [-0.05, 0) is 37.5 Å². The van der Waals surface area contributed by atoms with Crippen molar-refractivity contribution >= 4 is 16.0 Å². The molecule has 1 N–H and O–H groups in total. The molecule has 1 atom stereocenters. The number of benzene rings is 1. The van der Waals surface area contributed by atoms with Gasteiger partial charge in [-0.2, -0.15) is 0 Å². The SMILES string of the molecule is COC(=O)c1cccc(S(=O)(=O)NCCC2CCCO2)c1. The number of hydrogen-bond acceptors (Lipinski definition) is 5. The number of carbonyl (C=O) groups excluding carboxylic acids is 1. The molecule has 1 aromatic carbocycles. The van der Waals surface area contributed by atoms with Crippen LogP contribution in [0.15, 0.2) is 29.2 Å². The second kappa shape index (κ2) is 7.02. The van der Waals surface area contributed by atoms with Crippen LogP contribution in [0, 0.1) is 0 Å². The summed E-state index contributed by atoms with van der Waals surface area (Å²) in [6.07, 6.45) is 2.78. The molecule has 21 heavy (non-hydrogen) atoms. The quantitative estimate of drug-likeness (QED) is 0.801. The van der Waals surface area contributed by atoms with Crippen molar-refractivity contribution in [1.29, 1.82) is 0 Å². The van der Waals surface area contributed by atoms with E-state index in [2.05, 4.69) is 9.46 Å². The van der Waals surface area contributed by atoms with Crippen molar-refractivity contribution in [3.8, 4) is 0 Å². The van der Waals surface area contributed by atoms with E-state index in [1.807, 2.05) is 0 Å². The molecule has 116 valence electrons. The molecule has 6 nitrogen and oxygen atoms in total. The summed E-state index contributed by atoms with van der Waals surface area (Å²) >= 11 is 0. The Morgan fingerprint density at radius 1 is 1.48 bits per heavy atom. The third kappa shape index (κ3) is 4.26. The normalized spacial score (nSPS) is 18.6. The Bertz CT molecular complexity index is 593. The van der Waals surface area contributed by atoms with Crippen LogP contribution in [0.5, 0.6) is 0 Å². The van der Waals surface area contributed by atoms with Gasteiger partial charge in [-0.15, -0.1) is 0 Å². The lowest BCUT2D eigenvalue weighted by molar-refractivity contribution is 0.0600. The first-order valence-electron chi connectivity index (χ1n) is 6.82. The molecule has 7 heteroatoms. The van der Waals surface area contributed by atoms with E-state index in [0.29, 0.717) is 13.0 Å². The van der Waals surface area contributed by atoms with Crippen LogP contribution in [0.3, 0.4) is 0 Å². The zero-order valence-corrected chi connectivity index (χ0v) is 12.7. The van der Waals surface area contributed by atoms with Gasteiger partial charge < -0.3 is 9.47 Å². The molecule has 1 fully saturated rings. The first kappa shape index (κ1) is 15.9. The first-order chi connectivity index (χ1) is 10.0. The number of carbonyl (C=O) groups is 1. The summed E-state index contributed by atoms with van der Waals surface area (Å²) in [6.45, 7) is 1.06. The fourth-order valence-corrected chi connectivity index (χ4v) is 3.31. The number of ether oxygens (including phenoxy) is 2. The third-order valence-corrected chi connectivity index (χ3v) is 4.81. The molecule has 0 aliphatic carbocycles. The van der Waals surface area contributed by atoms with Crippen molar-refractivity contribution in [2.24, 2.45) is 0 Å². The van der Waals surface area contributed by atoms with Crippen LogP contribution < -0.4 is 4.72 Å². The fraction of sp³-hybridized carbons (Fsp3) is 0.500. The predicted molar refractivity (Wildman–Crippen MR) is 76.6 cm³/mol. The Balaban J connectivity index is 1.99. The second-order valence-corrected chi connectivity index (χ2v) is 6.61. The van der Waals surface area contributed by atoms with Gasteiger partial charge in [-0.3, -0.25) is 0 Å². The van der Waals surface area contributed by atoms with Crippen molar-refractivity contribution in [3.05, 3.63) is 29.8 Å². The maximum Gasteiger partial charge on any atom is 0.337 e. The van der Waals surface area contributed by atoms with Crippen LogP contribution in [0.4, 0.5) is 0 Å². The predicted octanol–water partition coefficient (Wildman–Crippen LogP) is 1.32. The van der Waals surface area contributed by atoms with E-state index in [1.165, 1.54) is 31.4 Å². The third-order valence-electron chi connectivity index (χ3n) is 3.35. The number of rotatable bonds is 6. The average Bonchev–Trinajstić information content (AvgIpc) is 2.99. The average molecular weight is 313 g/mol. The number of sulfonamides is 1. The monoisotopic (exact) mass is 313 g/mol. The topological polar surface area (TPSA) is 81.7 Å². The minimum atomic E-state index is -3.63. The Hall–Kier alpha value is -1.44. The van der Waals surface area contributed by atoms with Crippen LogP contribution in [-0.4, -0.2) is 40.8 Å². The highest BCUT2D eigenvalue weighted by molar-refractivity contribution is 7.89. The number of methoxy groups -OCH3 is 1. The minimum absolute atomic E-state index is 0.0535. The molecule has 0 aromatic heterocycles. The molecule has 2 rings (SSSR count). The van der Waals surface area contributed by atoms with Gasteiger partial charge in [0.05, 0.1) is 23.7 Å². The Morgan fingerprint density at radius 2 is 2.29 bits per heavy atom.